The van der Waals surface area contributed by atoms with Crippen molar-refractivity contribution in [1.29, 1.82) is 0 Å². The maximum absolute atomic E-state index is 10.1. The van der Waals surface area contributed by atoms with E-state index in [9.17, 15) is 5.11 Å². The summed E-state index contributed by atoms with van der Waals surface area (Å²) in [6, 6.07) is 8.36. The predicted octanol–water partition coefficient (Wildman–Crippen LogP) is 5.05. The number of aliphatic hydroxyl groups excluding tert-OH is 1. The van der Waals surface area contributed by atoms with Gasteiger partial charge in [-0.25, -0.2) is 9.97 Å². The maximum Gasteiger partial charge on any atom is 0.161 e. The molecule has 1 aliphatic carbocycles. The first kappa shape index (κ1) is 24.4. The van der Waals surface area contributed by atoms with Crippen molar-refractivity contribution in [3.8, 4) is 11.4 Å². The lowest BCUT2D eigenvalue weighted by atomic mass is 9.93. The molecule has 1 fully saturated rings. The smallest absolute Gasteiger partial charge is 0.161 e. The molecule has 33 heavy (non-hydrogen) atoms. The highest BCUT2D eigenvalue weighted by atomic mass is 16.3. The molecule has 6 heteroatoms. The molecule has 1 aromatic heterocycles. The fourth-order valence-electron chi connectivity index (χ4n) is 4.13. The van der Waals surface area contributed by atoms with E-state index in [1.807, 2.05) is 68.8 Å². The van der Waals surface area contributed by atoms with Crippen molar-refractivity contribution in [2.24, 2.45) is 4.99 Å². The molecule has 0 radical (unpaired) electrons. The van der Waals surface area contributed by atoms with Gasteiger partial charge in [-0.2, -0.15) is 0 Å². The molecule has 0 saturated heterocycles. The van der Waals surface area contributed by atoms with Crippen molar-refractivity contribution in [2.45, 2.75) is 44.8 Å². The first-order chi connectivity index (χ1) is 15.9. The fourth-order valence-corrected chi connectivity index (χ4v) is 4.13. The van der Waals surface area contributed by atoms with Gasteiger partial charge in [0.2, 0.25) is 0 Å². The van der Waals surface area contributed by atoms with Crippen molar-refractivity contribution < 1.29 is 5.11 Å². The van der Waals surface area contributed by atoms with Crippen LogP contribution in [-0.2, 0) is 0 Å². The second-order valence-corrected chi connectivity index (χ2v) is 8.58. The van der Waals surface area contributed by atoms with Crippen LogP contribution in [0.15, 0.2) is 60.4 Å². The number of aliphatic imine (C=N–C) groups is 1. The van der Waals surface area contributed by atoms with E-state index in [1.165, 1.54) is 0 Å². The summed E-state index contributed by atoms with van der Waals surface area (Å²) in [6.45, 7) is 5.94. The van der Waals surface area contributed by atoms with E-state index in [1.54, 1.807) is 7.05 Å². The Bertz CT molecular complexity index is 1050. The van der Waals surface area contributed by atoms with Crippen LogP contribution in [0.1, 0.15) is 43.7 Å². The van der Waals surface area contributed by atoms with E-state index in [0.717, 1.165) is 59.3 Å². The summed E-state index contributed by atoms with van der Waals surface area (Å²) in [5, 5.41) is 13.7. The third-order valence-corrected chi connectivity index (χ3v) is 5.74. The molecular weight excluding hydrogens is 410 g/mol. The largest absolute Gasteiger partial charge is 0.393 e. The third-order valence-electron chi connectivity index (χ3n) is 5.74. The second kappa shape index (κ2) is 11.6. The first-order valence-corrected chi connectivity index (χ1v) is 11.5. The number of allylic oxidation sites excluding steroid dienone is 4. The average Bonchev–Trinajstić information content (AvgIpc) is 2.81. The van der Waals surface area contributed by atoms with E-state index in [-0.39, 0.29) is 12.1 Å². The lowest BCUT2D eigenvalue weighted by molar-refractivity contribution is 0.124. The summed E-state index contributed by atoms with van der Waals surface area (Å²) in [6.07, 6.45) is 12.9. The molecule has 6 nitrogen and oxygen atoms in total. The predicted molar refractivity (Wildman–Crippen MR) is 139 cm³/mol. The minimum absolute atomic E-state index is 0.175. The van der Waals surface area contributed by atoms with Gasteiger partial charge in [0, 0.05) is 62.5 Å². The summed E-state index contributed by atoms with van der Waals surface area (Å²) in [7, 11) is 5.74. The number of hydrogen-bond acceptors (Lipinski definition) is 6. The first-order valence-electron chi connectivity index (χ1n) is 11.5. The lowest BCUT2D eigenvalue weighted by Gasteiger charge is -2.28. The molecule has 3 rings (SSSR count). The molecular formula is C27H35N5O. The number of nitrogens with one attached hydrogen (secondary N) is 1. The Kier molecular flexibility index (Phi) is 8.55. The van der Waals surface area contributed by atoms with Crippen LogP contribution >= 0.6 is 0 Å². The van der Waals surface area contributed by atoms with Crippen molar-refractivity contribution >= 4 is 23.2 Å². The molecule has 0 amide bonds. The molecule has 1 saturated carbocycles. The number of aliphatic hydroxyl groups is 1. The Morgan fingerprint density at radius 3 is 2.76 bits per heavy atom. The molecule has 1 heterocycles. The number of aromatic nitrogens is 2. The van der Waals surface area contributed by atoms with Gasteiger partial charge in [0.25, 0.3) is 0 Å². The number of benzene rings is 1. The van der Waals surface area contributed by atoms with Crippen molar-refractivity contribution in [2.75, 3.05) is 26.5 Å². The highest BCUT2D eigenvalue weighted by Crippen LogP contribution is 2.29. The zero-order valence-electron chi connectivity index (χ0n) is 20.1. The van der Waals surface area contributed by atoms with Crippen LogP contribution in [-0.4, -0.2) is 59.5 Å². The van der Waals surface area contributed by atoms with Crippen LogP contribution in [0, 0.1) is 0 Å². The number of anilines is 1. The summed E-state index contributed by atoms with van der Waals surface area (Å²) in [5.41, 5.74) is 4.88. The normalized spacial score (nSPS) is 19.5. The number of nitrogens with zero attached hydrogens (tertiary/aromatic N) is 4. The Morgan fingerprint density at radius 2 is 2.09 bits per heavy atom. The Hall–Kier alpha value is -3.25. The lowest BCUT2D eigenvalue weighted by Crippen LogP contribution is -2.30. The monoisotopic (exact) mass is 445 g/mol. The number of hydrogen-bond donors (Lipinski definition) is 2. The molecule has 1 aromatic carbocycles. The van der Waals surface area contributed by atoms with Crippen LogP contribution in [0.5, 0.6) is 0 Å². The van der Waals surface area contributed by atoms with Gasteiger partial charge in [0.15, 0.2) is 5.82 Å². The average molecular weight is 446 g/mol. The Labute approximate surface area is 197 Å². The molecule has 0 spiro atoms. The van der Waals surface area contributed by atoms with Gasteiger partial charge in [-0.3, -0.25) is 4.99 Å². The molecule has 2 atom stereocenters. The van der Waals surface area contributed by atoms with Gasteiger partial charge >= 0.3 is 0 Å². The number of rotatable bonds is 8. The van der Waals surface area contributed by atoms with Crippen LogP contribution in [0.4, 0.5) is 5.82 Å². The summed E-state index contributed by atoms with van der Waals surface area (Å²) >= 11 is 0. The Morgan fingerprint density at radius 1 is 1.27 bits per heavy atom. The van der Waals surface area contributed by atoms with Crippen molar-refractivity contribution in [3.63, 3.8) is 0 Å². The molecule has 2 aromatic rings. The zero-order valence-corrected chi connectivity index (χ0v) is 20.1. The van der Waals surface area contributed by atoms with Crippen LogP contribution in [0.3, 0.4) is 0 Å². The summed E-state index contributed by atoms with van der Waals surface area (Å²) < 4.78 is 0. The van der Waals surface area contributed by atoms with Gasteiger partial charge < -0.3 is 15.3 Å². The molecule has 0 aliphatic heterocycles. The quantitative estimate of drug-likeness (QED) is 0.439. The van der Waals surface area contributed by atoms with Gasteiger partial charge in [-0.15, -0.1) is 0 Å². The van der Waals surface area contributed by atoms with Gasteiger partial charge in [0.05, 0.1) is 6.10 Å². The van der Waals surface area contributed by atoms with Gasteiger partial charge in [-0.05, 0) is 49.8 Å². The summed E-state index contributed by atoms with van der Waals surface area (Å²) in [4.78, 5) is 15.8. The van der Waals surface area contributed by atoms with Crippen LogP contribution < -0.4 is 5.32 Å². The fraction of sp³-hybridized carbons (Fsp3) is 0.370. The highest BCUT2D eigenvalue weighted by molar-refractivity contribution is 6.11. The SMILES string of the molecule is C=C/C(=C\N(C)C)c1cccc(-c2ncc(/C(C=NC)=C/C)c(NC3CCCC(O)C3)n2)c1. The van der Waals surface area contributed by atoms with E-state index < -0.39 is 0 Å². The standard InChI is InChI=1S/C27H35N5O/c1-6-19(16-28-3)25-17-29-26(31-27(25)30-23-12-9-13-24(33)15-23)22-11-8-10-21(14-22)20(7-2)18-32(4)5/h6-8,10-11,14,16-18,23-24,33H,2,9,12-13,15H2,1,3-5H3,(H,29,30,31)/b19-6+,20-18+,28-16?. The van der Waals surface area contributed by atoms with E-state index in [4.69, 9.17) is 9.97 Å². The van der Waals surface area contributed by atoms with Gasteiger partial charge in [-0.1, -0.05) is 36.9 Å². The topological polar surface area (TPSA) is 73.6 Å². The zero-order chi connectivity index (χ0) is 23.8. The van der Waals surface area contributed by atoms with Gasteiger partial charge in [0.1, 0.15) is 5.82 Å². The van der Waals surface area contributed by atoms with E-state index in [2.05, 4.69) is 29.0 Å². The molecule has 1 aliphatic rings. The van der Waals surface area contributed by atoms with Crippen LogP contribution in [0.25, 0.3) is 22.5 Å². The van der Waals surface area contributed by atoms with Crippen LogP contribution in [0.2, 0.25) is 0 Å². The van der Waals surface area contributed by atoms with E-state index in [0.29, 0.717) is 5.82 Å². The van der Waals surface area contributed by atoms with Crippen molar-refractivity contribution in [1.82, 2.24) is 14.9 Å². The minimum Gasteiger partial charge on any atom is -0.393 e. The van der Waals surface area contributed by atoms with Crippen molar-refractivity contribution in [3.05, 3.63) is 66.5 Å². The molecule has 2 N–H and O–H groups in total. The molecule has 0 bridgehead atoms. The molecule has 2 unspecified atom stereocenters. The molecule has 174 valence electrons. The van der Waals surface area contributed by atoms with E-state index >= 15 is 0 Å². The third kappa shape index (κ3) is 6.39. The Balaban J connectivity index is 2.03. The summed E-state index contributed by atoms with van der Waals surface area (Å²) in [5.74, 6) is 1.42. The minimum atomic E-state index is -0.267. The highest BCUT2D eigenvalue weighted by Gasteiger charge is 2.22. The second-order valence-electron chi connectivity index (χ2n) is 8.58. The maximum atomic E-state index is 10.1.